The van der Waals surface area contributed by atoms with Gasteiger partial charge in [-0.05, 0) is 67.3 Å². The number of hydrogen-bond acceptors (Lipinski definition) is 4. The molecule has 0 radical (unpaired) electrons. The standard InChI is InChI=1S/C23H28FN3O3/c1-16-3-2-12-27(14-16)15-22(28)26-21(23(25)29)13-17-4-8-19(9-5-17)30-20-10-6-18(24)7-11-20/h4-11,16,21H,2-3,12-15H2,1H3,(H2,25,29)(H,26,28). The number of nitrogens with one attached hydrogen (secondary N) is 1. The second kappa shape index (κ2) is 10.2. The molecule has 1 aliphatic rings. The first-order valence-corrected chi connectivity index (χ1v) is 10.2. The fourth-order valence-corrected chi connectivity index (χ4v) is 3.66. The molecule has 1 saturated heterocycles. The molecule has 2 amide bonds. The molecular weight excluding hydrogens is 385 g/mol. The highest BCUT2D eigenvalue weighted by molar-refractivity contribution is 5.87. The Morgan fingerprint density at radius 1 is 1.17 bits per heavy atom. The van der Waals surface area contributed by atoms with E-state index in [-0.39, 0.29) is 18.3 Å². The maximum Gasteiger partial charge on any atom is 0.240 e. The van der Waals surface area contributed by atoms with Crippen molar-refractivity contribution in [2.75, 3.05) is 19.6 Å². The van der Waals surface area contributed by atoms with E-state index in [9.17, 15) is 14.0 Å². The van der Waals surface area contributed by atoms with Crippen LogP contribution in [0.2, 0.25) is 0 Å². The number of nitrogens with zero attached hydrogens (tertiary/aromatic N) is 1. The number of amides is 2. The average molecular weight is 413 g/mol. The predicted molar refractivity (Wildman–Crippen MR) is 113 cm³/mol. The Morgan fingerprint density at radius 3 is 2.40 bits per heavy atom. The summed E-state index contributed by atoms with van der Waals surface area (Å²) in [7, 11) is 0. The Labute approximate surface area is 176 Å². The summed E-state index contributed by atoms with van der Waals surface area (Å²) >= 11 is 0. The van der Waals surface area contributed by atoms with Crippen LogP contribution in [0.15, 0.2) is 48.5 Å². The number of piperidine rings is 1. The van der Waals surface area contributed by atoms with Crippen molar-refractivity contribution in [2.45, 2.75) is 32.2 Å². The van der Waals surface area contributed by atoms with Crippen LogP contribution in [0.25, 0.3) is 0 Å². The number of ether oxygens (including phenoxy) is 1. The Kier molecular flexibility index (Phi) is 7.41. The second-order valence-electron chi connectivity index (χ2n) is 7.91. The third-order valence-corrected chi connectivity index (χ3v) is 5.20. The molecule has 3 N–H and O–H groups in total. The van der Waals surface area contributed by atoms with Crippen LogP contribution in [-0.4, -0.2) is 42.4 Å². The molecule has 0 bridgehead atoms. The molecule has 1 aliphatic heterocycles. The number of benzene rings is 2. The van der Waals surface area contributed by atoms with Gasteiger partial charge < -0.3 is 15.8 Å². The third kappa shape index (κ3) is 6.56. The first-order chi connectivity index (χ1) is 14.4. The van der Waals surface area contributed by atoms with Gasteiger partial charge in [0, 0.05) is 13.0 Å². The largest absolute Gasteiger partial charge is 0.457 e. The summed E-state index contributed by atoms with van der Waals surface area (Å²) in [5, 5.41) is 2.76. The van der Waals surface area contributed by atoms with E-state index >= 15 is 0 Å². The molecule has 2 atom stereocenters. The number of primary amides is 1. The van der Waals surface area contributed by atoms with Gasteiger partial charge in [0.05, 0.1) is 6.54 Å². The molecule has 160 valence electrons. The van der Waals surface area contributed by atoms with E-state index in [1.165, 1.54) is 18.6 Å². The van der Waals surface area contributed by atoms with Crippen molar-refractivity contribution in [3.63, 3.8) is 0 Å². The molecule has 2 unspecified atom stereocenters. The first-order valence-electron chi connectivity index (χ1n) is 10.2. The molecule has 2 aromatic carbocycles. The van der Waals surface area contributed by atoms with Crippen LogP contribution in [0, 0.1) is 11.7 Å². The number of carbonyl (C=O) groups excluding carboxylic acids is 2. The molecule has 0 spiro atoms. The minimum absolute atomic E-state index is 0.191. The van der Waals surface area contributed by atoms with Crippen LogP contribution in [0.4, 0.5) is 4.39 Å². The maximum absolute atomic E-state index is 13.0. The lowest BCUT2D eigenvalue weighted by Crippen LogP contribution is -2.50. The first kappa shape index (κ1) is 21.8. The lowest BCUT2D eigenvalue weighted by molar-refractivity contribution is -0.128. The van der Waals surface area contributed by atoms with Gasteiger partial charge in [0.25, 0.3) is 0 Å². The lowest BCUT2D eigenvalue weighted by Gasteiger charge is -2.30. The molecule has 3 rings (SSSR count). The summed E-state index contributed by atoms with van der Waals surface area (Å²) in [5.74, 6) is 0.607. The summed E-state index contributed by atoms with van der Waals surface area (Å²) < 4.78 is 18.6. The van der Waals surface area contributed by atoms with Crippen molar-refractivity contribution in [3.05, 3.63) is 59.9 Å². The van der Waals surface area contributed by atoms with Crippen molar-refractivity contribution in [1.29, 1.82) is 0 Å². The zero-order chi connectivity index (χ0) is 21.5. The molecule has 0 aliphatic carbocycles. The normalized spacial score (nSPS) is 17.9. The fraction of sp³-hybridized carbons (Fsp3) is 0.391. The summed E-state index contributed by atoms with van der Waals surface area (Å²) in [5.41, 5.74) is 6.35. The van der Waals surface area contributed by atoms with Gasteiger partial charge in [-0.1, -0.05) is 19.1 Å². The van der Waals surface area contributed by atoms with Gasteiger partial charge in [0.2, 0.25) is 11.8 Å². The Hall–Kier alpha value is -2.93. The number of hydrogen-bond donors (Lipinski definition) is 2. The van der Waals surface area contributed by atoms with E-state index < -0.39 is 11.9 Å². The second-order valence-corrected chi connectivity index (χ2v) is 7.91. The van der Waals surface area contributed by atoms with Crippen LogP contribution in [0.5, 0.6) is 11.5 Å². The van der Waals surface area contributed by atoms with Gasteiger partial charge >= 0.3 is 0 Å². The molecule has 0 aromatic heterocycles. The van der Waals surface area contributed by atoms with Gasteiger partial charge in [-0.2, -0.15) is 0 Å². The number of rotatable bonds is 8. The molecule has 1 fully saturated rings. The van der Waals surface area contributed by atoms with Crippen molar-refractivity contribution in [1.82, 2.24) is 10.2 Å². The SMILES string of the molecule is CC1CCCN(CC(=O)NC(Cc2ccc(Oc3ccc(F)cc3)cc2)C(N)=O)C1. The zero-order valence-electron chi connectivity index (χ0n) is 17.1. The number of carbonyl (C=O) groups is 2. The number of halogens is 1. The van der Waals surface area contributed by atoms with Crippen LogP contribution >= 0.6 is 0 Å². The van der Waals surface area contributed by atoms with Crippen molar-refractivity contribution in [3.8, 4) is 11.5 Å². The Bertz CT molecular complexity index is 855. The minimum atomic E-state index is -0.774. The minimum Gasteiger partial charge on any atom is -0.457 e. The molecule has 30 heavy (non-hydrogen) atoms. The summed E-state index contributed by atoms with van der Waals surface area (Å²) in [6.45, 7) is 4.25. The van der Waals surface area contributed by atoms with Gasteiger partial charge in [0.15, 0.2) is 0 Å². The highest BCUT2D eigenvalue weighted by Crippen LogP contribution is 2.22. The molecule has 2 aromatic rings. The number of likely N-dealkylation sites (tertiary alicyclic amines) is 1. The van der Waals surface area contributed by atoms with Gasteiger partial charge in [-0.3, -0.25) is 14.5 Å². The van der Waals surface area contributed by atoms with Crippen LogP contribution in [0.3, 0.4) is 0 Å². The molecule has 7 heteroatoms. The van der Waals surface area contributed by atoms with Crippen molar-refractivity contribution >= 4 is 11.8 Å². The monoisotopic (exact) mass is 413 g/mol. The third-order valence-electron chi connectivity index (χ3n) is 5.20. The lowest BCUT2D eigenvalue weighted by atomic mass is 10.0. The van der Waals surface area contributed by atoms with E-state index in [0.717, 1.165) is 25.1 Å². The molecular formula is C23H28FN3O3. The predicted octanol–water partition coefficient (Wildman–Crippen LogP) is 2.86. The zero-order valence-corrected chi connectivity index (χ0v) is 17.1. The van der Waals surface area contributed by atoms with E-state index in [0.29, 0.717) is 23.8 Å². The summed E-state index contributed by atoms with van der Waals surface area (Å²) in [6.07, 6.45) is 2.57. The van der Waals surface area contributed by atoms with Crippen LogP contribution in [0.1, 0.15) is 25.3 Å². The summed E-state index contributed by atoms with van der Waals surface area (Å²) in [6, 6.07) is 12.1. The molecule has 6 nitrogen and oxygen atoms in total. The maximum atomic E-state index is 13.0. The van der Waals surface area contributed by atoms with Gasteiger partial charge in [-0.15, -0.1) is 0 Å². The van der Waals surface area contributed by atoms with Crippen molar-refractivity contribution < 1.29 is 18.7 Å². The van der Waals surface area contributed by atoms with E-state index in [1.54, 1.807) is 24.3 Å². The highest BCUT2D eigenvalue weighted by atomic mass is 19.1. The van der Waals surface area contributed by atoms with E-state index in [2.05, 4.69) is 17.1 Å². The average Bonchev–Trinajstić information content (AvgIpc) is 2.70. The molecule has 1 heterocycles. The van der Waals surface area contributed by atoms with E-state index in [4.69, 9.17) is 10.5 Å². The Morgan fingerprint density at radius 2 is 1.80 bits per heavy atom. The smallest absolute Gasteiger partial charge is 0.240 e. The highest BCUT2D eigenvalue weighted by Gasteiger charge is 2.22. The van der Waals surface area contributed by atoms with Gasteiger partial charge in [-0.25, -0.2) is 4.39 Å². The van der Waals surface area contributed by atoms with Crippen molar-refractivity contribution in [2.24, 2.45) is 11.7 Å². The Balaban J connectivity index is 1.54. The fourth-order valence-electron chi connectivity index (χ4n) is 3.66. The van der Waals surface area contributed by atoms with Crippen LogP contribution in [-0.2, 0) is 16.0 Å². The molecule has 0 saturated carbocycles. The number of nitrogens with two attached hydrogens (primary N) is 1. The topological polar surface area (TPSA) is 84.7 Å². The van der Waals surface area contributed by atoms with Gasteiger partial charge in [0.1, 0.15) is 23.4 Å². The van der Waals surface area contributed by atoms with Crippen LogP contribution < -0.4 is 15.8 Å². The van der Waals surface area contributed by atoms with E-state index in [1.807, 2.05) is 12.1 Å². The summed E-state index contributed by atoms with van der Waals surface area (Å²) in [4.78, 5) is 26.4. The quantitative estimate of drug-likeness (QED) is 0.697.